The molecule has 21 heavy (non-hydrogen) atoms. The first-order chi connectivity index (χ1) is 9.90. The van der Waals surface area contributed by atoms with Gasteiger partial charge in [-0.1, -0.05) is 52.0 Å². The number of hydrogen-bond donors (Lipinski definition) is 1. The Labute approximate surface area is 131 Å². The Morgan fingerprint density at radius 1 is 0.952 bits per heavy atom. The summed E-state index contributed by atoms with van der Waals surface area (Å²) in [6.07, 6.45) is 1.25. The molecule has 0 aliphatic rings. The topological polar surface area (TPSA) is 15.3 Å². The average molecular weight is 290 g/mol. The Morgan fingerprint density at radius 2 is 1.57 bits per heavy atom. The van der Waals surface area contributed by atoms with E-state index < -0.39 is 0 Å². The summed E-state index contributed by atoms with van der Waals surface area (Å²) in [6.45, 7) is 14.5. The number of hydrogen-bond acceptors (Lipinski definition) is 2. The second kappa shape index (κ2) is 9.22. The third kappa shape index (κ3) is 7.10. The molecule has 0 bridgehead atoms. The molecular weight excluding hydrogens is 256 g/mol. The van der Waals surface area contributed by atoms with E-state index in [2.05, 4.69) is 76.1 Å². The molecule has 1 N–H and O–H groups in total. The lowest BCUT2D eigenvalue weighted by Crippen LogP contribution is -2.30. The molecule has 120 valence electrons. The Kier molecular flexibility index (Phi) is 7.98. The predicted molar refractivity (Wildman–Crippen MR) is 93.4 cm³/mol. The number of benzene rings is 1. The highest BCUT2D eigenvalue weighted by Gasteiger charge is 2.13. The third-order valence-electron chi connectivity index (χ3n) is 3.97. The van der Waals surface area contributed by atoms with E-state index in [-0.39, 0.29) is 0 Å². The fourth-order valence-electron chi connectivity index (χ4n) is 2.67. The Morgan fingerprint density at radius 3 is 2.14 bits per heavy atom. The third-order valence-corrected chi connectivity index (χ3v) is 3.97. The van der Waals surface area contributed by atoms with Crippen LogP contribution in [0.4, 0.5) is 0 Å². The first kappa shape index (κ1) is 18.2. The standard InChI is InChI=1S/C19H34N2/c1-15(2)11-17(5)21(6)14-19-10-8-7-9-18(19)13-20-12-16(3)4/h7-10,15-17,20H,11-14H2,1-6H3. The van der Waals surface area contributed by atoms with E-state index in [1.807, 2.05) is 0 Å². The van der Waals surface area contributed by atoms with Crippen molar-refractivity contribution in [1.29, 1.82) is 0 Å². The van der Waals surface area contributed by atoms with Gasteiger partial charge in [0.2, 0.25) is 0 Å². The van der Waals surface area contributed by atoms with Gasteiger partial charge < -0.3 is 5.32 Å². The lowest BCUT2D eigenvalue weighted by atomic mass is 10.0. The SMILES string of the molecule is CC(C)CNCc1ccccc1CN(C)C(C)CC(C)C. The van der Waals surface area contributed by atoms with Crippen molar-refractivity contribution in [2.75, 3.05) is 13.6 Å². The number of rotatable bonds is 9. The molecule has 0 saturated carbocycles. The lowest BCUT2D eigenvalue weighted by molar-refractivity contribution is 0.220. The normalized spacial score (nSPS) is 13.4. The van der Waals surface area contributed by atoms with Crippen LogP contribution < -0.4 is 5.32 Å². The smallest absolute Gasteiger partial charge is 0.0236 e. The molecule has 1 aromatic rings. The van der Waals surface area contributed by atoms with Crippen molar-refractivity contribution in [2.45, 2.75) is 60.2 Å². The van der Waals surface area contributed by atoms with Gasteiger partial charge in [-0.25, -0.2) is 0 Å². The van der Waals surface area contributed by atoms with Crippen LogP contribution in [0, 0.1) is 11.8 Å². The lowest BCUT2D eigenvalue weighted by Gasteiger charge is -2.27. The molecule has 0 spiro atoms. The van der Waals surface area contributed by atoms with Gasteiger partial charge in [0.05, 0.1) is 0 Å². The molecule has 0 aromatic heterocycles. The van der Waals surface area contributed by atoms with Crippen LogP contribution >= 0.6 is 0 Å². The van der Waals surface area contributed by atoms with Gasteiger partial charge in [-0.15, -0.1) is 0 Å². The van der Waals surface area contributed by atoms with E-state index in [4.69, 9.17) is 0 Å². The van der Waals surface area contributed by atoms with Gasteiger partial charge in [0.1, 0.15) is 0 Å². The van der Waals surface area contributed by atoms with Gasteiger partial charge >= 0.3 is 0 Å². The van der Waals surface area contributed by atoms with Gasteiger partial charge in [-0.3, -0.25) is 4.90 Å². The number of nitrogens with zero attached hydrogens (tertiary/aromatic N) is 1. The van der Waals surface area contributed by atoms with Crippen molar-refractivity contribution in [3.8, 4) is 0 Å². The molecular formula is C19H34N2. The monoisotopic (exact) mass is 290 g/mol. The zero-order chi connectivity index (χ0) is 15.8. The van der Waals surface area contributed by atoms with E-state index in [0.29, 0.717) is 12.0 Å². The minimum Gasteiger partial charge on any atom is -0.312 e. The maximum Gasteiger partial charge on any atom is 0.0236 e. The maximum atomic E-state index is 3.56. The van der Waals surface area contributed by atoms with Crippen LogP contribution in [0.1, 0.15) is 52.2 Å². The molecule has 0 heterocycles. The Hall–Kier alpha value is -0.860. The highest BCUT2D eigenvalue weighted by Crippen LogP contribution is 2.16. The fraction of sp³-hybridized carbons (Fsp3) is 0.684. The minimum atomic E-state index is 0.627. The minimum absolute atomic E-state index is 0.627. The van der Waals surface area contributed by atoms with Crippen molar-refractivity contribution in [1.82, 2.24) is 10.2 Å². The highest BCUT2D eigenvalue weighted by atomic mass is 15.1. The zero-order valence-corrected chi connectivity index (χ0v) is 14.8. The average Bonchev–Trinajstić information content (AvgIpc) is 2.39. The first-order valence-corrected chi connectivity index (χ1v) is 8.37. The van der Waals surface area contributed by atoms with Crippen LogP contribution in [0.5, 0.6) is 0 Å². The van der Waals surface area contributed by atoms with Crippen molar-refractivity contribution < 1.29 is 0 Å². The molecule has 1 rings (SSSR count). The zero-order valence-electron chi connectivity index (χ0n) is 14.8. The van der Waals surface area contributed by atoms with Gasteiger partial charge in [0, 0.05) is 19.1 Å². The van der Waals surface area contributed by atoms with E-state index in [9.17, 15) is 0 Å². The molecule has 0 fully saturated rings. The molecule has 1 atom stereocenters. The summed E-state index contributed by atoms with van der Waals surface area (Å²) in [5.41, 5.74) is 2.88. The van der Waals surface area contributed by atoms with E-state index in [1.165, 1.54) is 17.5 Å². The second-order valence-corrected chi connectivity index (χ2v) is 7.19. The molecule has 0 saturated heterocycles. The summed E-state index contributed by atoms with van der Waals surface area (Å²) in [6, 6.07) is 9.45. The molecule has 2 nitrogen and oxygen atoms in total. The van der Waals surface area contributed by atoms with Crippen molar-refractivity contribution in [3.63, 3.8) is 0 Å². The van der Waals surface area contributed by atoms with Gasteiger partial charge in [0.25, 0.3) is 0 Å². The summed E-state index contributed by atoms with van der Waals surface area (Å²) < 4.78 is 0. The van der Waals surface area contributed by atoms with Crippen LogP contribution in [0.3, 0.4) is 0 Å². The molecule has 0 aliphatic carbocycles. The highest BCUT2D eigenvalue weighted by molar-refractivity contribution is 5.27. The van der Waals surface area contributed by atoms with Gasteiger partial charge in [-0.05, 0) is 49.9 Å². The molecule has 0 amide bonds. The predicted octanol–water partition coefficient (Wildman–Crippen LogP) is 4.30. The molecule has 0 aliphatic heterocycles. The van der Waals surface area contributed by atoms with Crippen molar-refractivity contribution in [2.24, 2.45) is 11.8 Å². The quantitative estimate of drug-likeness (QED) is 0.729. The summed E-state index contributed by atoms with van der Waals surface area (Å²) in [4.78, 5) is 2.47. The van der Waals surface area contributed by atoms with Crippen LogP contribution in [-0.4, -0.2) is 24.5 Å². The summed E-state index contributed by atoms with van der Waals surface area (Å²) in [5.74, 6) is 1.45. The molecule has 0 radical (unpaired) electrons. The first-order valence-electron chi connectivity index (χ1n) is 8.37. The number of nitrogens with one attached hydrogen (secondary N) is 1. The Bertz CT molecular complexity index is 398. The van der Waals surface area contributed by atoms with Gasteiger partial charge in [-0.2, -0.15) is 0 Å². The molecule has 1 aromatic carbocycles. The van der Waals surface area contributed by atoms with Crippen LogP contribution in [0.15, 0.2) is 24.3 Å². The van der Waals surface area contributed by atoms with Crippen LogP contribution in [-0.2, 0) is 13.1 Å². The van der Waals surface area contributed by atoms with Gasteiger partial charge in [0.15, 0.2) is 0 Å². The Balaban J connectivity index is 2.61. The van der Waals surface area contributed by atoms with Crippen LogP contribution in [0.2, 0.25) is 0 Å². The van der Waals surface area contributed by atoms with Crippen molar-refractivity contribution in [3.05, 3.63) is 35.4 Å². The fourth-order valence-corrected chi connectivity index (χ4v) is 2.67. The summed E-state index contributed by atoms with van der Waals surface area (Å²) in [7, 11) is 2.24. The van der Waals surface area contributed by atoms with E-state index in [0.717, 1.165) is 25.6 Å². The van der Waals surface area contributed by atoms with E-state index in [1.54, 1.807) is 0 Å². The van der Waals surface area contributed by atoms with Crippen molar-refractivity contribution >= 4 is 0 Å². The second-order valence-electron chi connectivity index (χ2n) is 7.19. The molecule has 1 unspecified atom stereocenters. The summed E-state index contributed by atoms with van der Waals surface area (Å²) in [5, 5.41) is 3.56. The largest absolute Gasteiger partial charge is 0.312 e. The molecule has 2 heteroatoms. The van der Waals surface area contributed by atoms with E-state index >= 15 is 0 Å². The van der Waals surface area contributed by atoms with Crippen LogP contribution in [0.25, 0.3) is 0 Å². The maximum absolute atomic E-state index is 3.56. The summed E-state index contributed by atoms with van der Waals surface area (Å²) >= 11 is 0.